The smallest absolute Gasteiger partial charge is 0.135 e. The first-order chi connectivity index (χ1) is 9.76. The standard InChI is InChI=1S/C16H31N5/c1-8-17-14-13(12(2)3)15(20-11-19-14)18-9-16(4,5)10-21(6)7/h11-12H,8-10H2,1-7H3,(H2,17,18,19,20). The summed E-state index contributed by atoms with van der Waals surface area (Å²) in [5.74, 6) is 2.26. The Morgan fingerprint density at radius 3 is 2.19 bits per heavy atom. The van der Waals surface area contributed by atoms with Crippen LogP contribution in [0.1, 0.15) is 46.1 Å². The number of hydrogen-bond donors (Lipinski definition) is 2. The summed E-state index contributed by atoms with van der Waals surface area (Å²) < 4.78 is 0. The molecule has 0 aliphatic heterocycles. The molecular formula is C16H31N5. The van der Waals surface area contributed by atoms with Crippen LogP contribution in [0.2, 0.25) is 0 Å². The number of aromatic nitrogens is 2. The van der Waals surface area contributed by atoms with Gasteiger partial charge in [-0.2, -0.15) is 0 Å². The lowest BCUT2D eigenvalue weighted by Gasteiger charge is -2.29. The second-order valence-electron chi connectivity index (χ2n) is 6.93. The fourth-order valence-corrected chi connectivity index (χ4v) is 2.63. The fourth-order valence-electron chi connectivity index (χ4n) is 2.63. The predicted molar refractivity (Wildman–Crippen MR) is 91.1 cm³/mol. The fraction of sp³-hybridized carbons (Fsp3) is 0.750. The first-order valence-corrected chi connectivity index (χ1v) is 7.74. The van der Waals surface area contributed by atoms with Crippen LogP contribution in [-0.2, 0) is 0 Å². The number of hydrogen-bond acceptors (Lipinski definition) is 5. The van der Waals surface area contributed by atoms with Crippen LogP contribution in [-0.4, -0.2) is 48.6 Å². The van der Waals surface area contributed by atoms with E-state index in [1.54, 1.807) is 6.33 Å². The van der Waals surface area contributed by atoms with Gasteiger partial charge in [-0.15, -0.1) is 0 Å². The van der Waals surface area contributed by atoms with Crippen LogP contribution in [0.3, 0.4) is 0 Å². The van der Waals surface area contributed by atoms with Crippen molar-refractivity contribution < 1.29 is 0 Å². The highest BCUT2D eigenvalue weighted by molar-refractivity contribution is 5.59. The minimum atomic E-state index is 0.182. The normalized spacial score (nSPS) is 12.0. The molecule has 1 aromatic heterocycles. The molecule has 2 N–H and O–H groups in total. The van der Waals surface area contributed by atoms with E-state index in [0.717, 1.165) is 31.3 Å². The molecule has 0 bridgehead atoms. The Balaban J connectivity index is 2.90. The third kappa shape index (κ3) is 5.50. The van der Waals surface area contributed by atoms with Gasteiger partial charge in [0.2, 0.25) is 0 Å². The molecule has 0 saturated heterocycles. The van der Waals surface area contributed by atoms with Gasteiger partial charge in [0.05, 0.1) is 0 Å². The van der Waals surface area contributed by atoms with Gasteiger partial charge in [-0.05, 0) is 32.4 Å². The summed E-state index contributed by atoms with van der Waals surface area (Å²) in [5.41, 5.74) is 1.35. The highest BCUT2D eigenvalue weighted by Gasteiger charge is 2.21. The molecule has 120 valence electrons. The molecule has 0 aromatic carbocycles. The zero-order valence-corrected chi connectivity index (χ0v) is 14.6. The van der Waals surface area contributed by atoms with Crippen LogP contribution < -0.4 is 10.6 Å². The Bertz CT molecular complexity index is 440. The lowest BCUT2D eigenvalue weighted by molar-refractivity contribution is 0.254. The lowest BCUT2D eigenvalue weighted by atomic mass is 9.92. The van der Waals surface area contributed by atoms with Gasteiger partial charge in [0.15, 0.2) is 0 Å². The van der Waals surface area contributed by atoms with Crippen LogP contribution >= 0.6 is 0 Å². The predicted octanol–water partition coefficient (Wildman–Crippen LogP) is 3.03. The van der Waals surface area contributed by atoms with Crippen LogP contribution in [0.5, 0.6) is 0 Å². The first kappa shape index (κ1) is 17.7. The second kappa shape index (κ2) is 7.59. The van der Waals surface area contributed by atoms with E-state index >= 15 is 0 Å². The number of rotatable bonds is 8. The van der Waals surface area contributed by atoms with E-state index in [9.17, 15) is 0 Å². The SMILES string of the molecule is CCNc1ncnc(NCC(C)(C)CN(C)C)c1C(C)C. The van der Waals surface area contributed by atoms with Crippen molar-refractivity contribution in [2.75, 3.05) is 44.4 Å². The molecule has 5 heteroatoms. The second-order valence-corrected chi connectivity index (χ2v) is 6.93. The van der Waals surface area contributed by atoms with E-state index in [4.69, 9.17) is 0 Å². The van der Waals surface area contributed by atoms with Gasteiger partial charge >= 0.3 is 0 Å². The monoisotopic (exact) mass is 293 g/mol. The molecule has 0 amide bonds. The van der Waals surface area contributed by atoms with Gasteiger partial charge < -0.3 is 15.5 Å². The molecule has 21 heavy (non-hydrogen) atoms. The van der Waals surface area contributed by atoms with Crippen molar-refractivity contribution in [3.05, 3.63) is 11.9 Å². The molecule has 1 heterocycles. The summed E-state index contributed by atoms with van der Waals surface area (Å²) in [6.45, 7) is 13.7. The van der Waals surface area contributed by atoms with Crippen LogP contribution in [0.25, 0.3) is 0 Å². The first-order valence-electron chi connectivity index (χ1n) is 7.74. The van der Waals surface area contributed by atoms with Gasteiger partial charge in [-0.1, -0.05) is 27.7 Å². The van der Waals surface area contributed by atoms with Gasteiger partial charge in [0, 0.05) is 25.2 Å². The van der Waals surface area contributed by atoms with E-state index in [0.29, 0.717) is 5.92 Å². The molecule has 0 unspecified atom stereocenters. The average Bonchev–Trinajstić information content (AvgIpc) is 2.35. The Morgan fingerprint density at radius 2 is 1.71 bits per heavy atom. The van der Waals surface area contributed by atoms with E-state index in [1.807, 2.05) is 0 Å². The molecule has 0 spiro atoms. The van der Waals surface area contributed by atoms with Crippen molar-refractivity contribution in [2.45, 2.75) is 40.5 Å². The van der Waals surface area contributed by atoms with Crippen molar-refractivity contribution in [3.8, 4) is 0 Å². The molecule has 0 saturated carbocycles. The Kier molecular flexibility index (Phi) is 6.40. The molecule has 0 aliphatic rings. The van der Waals surface area contributed by atoms with Crippen LogP contribution in [0, 0.1) is 5.41 Å². The lowest BCUT2D eigenvalue weighted by Crippen LogP contribution is -2.34. The highest BCUT2D eigenvalue weighted by atomic mass is 15.1. The van der Waals surface area contributed by atoms with Crippen molar-refractivity contribution in [2.24, 2.45) is 5.41 Å². The number of nitrogens with one attached hydrogen (secondary N) is 2. The summed E-state index contributed by atoms with van der Waals surface area (Å²) in [6.07, 6.45) is 1.63. The Morgan fingerprint density at radius 1 is 1.14 bits per heavy atom. The van der Waals surface area contributed by atoms with E-state index in [2.05, 4.69) is 74.2 Å². The quantitative estimate of drug-likeness (QED) is 0.771. The molecule has 1 rings (SSSR count). The molecule has 5 nitrogen and oxygen atoms in total. The van der Waals surface area contributed by atoms with Gasteiger partial charge in [0.1, 0.15) is 18.0 Å². The summed E-state index contributed by atoms with van der Waals surface area (Å²) in [6, 6.07) is 0. The third-order valence-corrected chi connectivity index (χ3v) is 3.28. The van der Waals surface area contributed by atoms with Gasteiger partial charge in [0.25, 0.3) is 0 Å². The zero-order chi connectivity index (χ0) is 16.0. The molecule has 0 aliphatic carbocycles. The third-order valence-electron chi connectivity index (χ3n) is 3.28. The van der Waals surface area contributed by atoms with Gasteiger partial charge in [-0.3, -0.25) is 0 Å². The molecule has 0 atom stereocenters. The molecule has 1 aromatic rings. The Hall–Kier alpha value is -1.36. The van der Waals surface area contributed by atoms with Crippen molar-refractivity contribution >= 4 is 11.6 Å². The van der Waals surface area contributed by atoms with Gasteiger partial charge in [-0.25, -0.2) is 9.97 Å². The maximum atomic E-state index is 4.45. The zero-order valence-electron chi connectivity index (χ0n) is 14.6. The largest absolute Gasteiger partial charge is 0.370 e. The van der Waals surface area contributed by atoms with E-state index < -0.39 is 0 Å². The maximum absolute atomic E-state index is 4.45. The maximum Gasteiger partial charge on any atom is 0.135 e. The highest BCUT2D eigenvalue weighted by Crippen LogP contribution is 2.29. The van der Waals surface area contributed by atoms with Crippen LogP contribution in [0.15, 0.2) is 6.33 Å². The minimum Gasteiger partial charge on any atom is -0.370 e. The minimum absolute atomic E-state index is 0.182. The van der Waals surface area contributed by atoms with E-state index in [-0.39, 0.29) is 5.41 Å². The molecular weight excluding hydrogens is 262 g/mol. The Labute approximate surface area is 129 Å². The molecule has 0 radical (unpaired) electrons. The van der Waals surface area contributed by atoms with Crippen molar-refractivity contribution in [1.29, 1.82) is 0 Å². The number of anilines is 2. The summed E-state index contributed by atoms with van der Waals surface area (Å²) in [4.78, 5) is 11.0. The topological polar surface area (TPSA) is 53.1 Å². The summed E-state index contributed by atoms with van der Waals surface area (Å²) in [5, 5.41) is 6.85. The summed E-state index contributed by atoms with van der Waals surface area (Å²) in [7, 11) is 4.21. The molecule has 0 fully saturated rings. The van der Waals surface area contributed by atoms with Crippen molar-refractivity contribution in [3.63, 3.8) is 0 Å². The average molecular weight is 293 g/mol. The van der Waals surface area contributed by atoms with Crippen LogP contribution in [0.4, 0.5) is 11.6 Å². The summed E-state index contributed by atoms with van der Waals surface area (Å²) >= 11 is 0. The number of nitrogens with zero attached hydrogens (tertiary/aromatic N) is 3. The van der Waals surface area contributed by atoms with Crippen molar-refractivity contribution in [1.82, 2.24) is 14.9 Å². The van der Waals surface area contributed by atoms with E-state index in [1.165, 1.54) is 5.56 Å².